The second-order valence-electron chi connectivity index (χ2n) is 8.59. The molecule has 1 N–H and O–H groups in total. The van der Waals surface area contributed by atoms with Gasteiger partial charge in [-0.15, -0.1) is 0 Å². The van der Waals surface area contributed by atoms with Crippen molar-refractivity contribution in [3.05, 3.63) is 76.9 Å². The predicted octanol–water partition coefficient (Wildman–Crippen LogP) is 4.44. The molecule has 0 amide bonds. The van der Waals surface area contributed by atoms with Crippen LogP contribution < -0.4 is 14.2 Å². The maximum Gasteiger partial charge on any atom is 0.127 e. The van der Waals surface area contributed by atoms with Crippen LogP contribution in [0.5, 0.6) is 17.2 Å². The highest BCUT2D eigenvalue weighted by atomic mass is 19.1. The Morgan fingerprint density at radius 2 is 2.12 bits per heavy atom. The van der Waals surface area contributed by atoms with Crippen molar-refractivity contribution in [1.82, 2.24) is 15.1 Å². The highest BCUT2D eigenvalue weighted by Gasteiger charge is 2.27. The topological polar surface area (TPSA) is 59.6 Å². The number of H-pyrrole nitrogens is 1. The molecule has 1 fully saturated rings. The number of aromatic nitrogens is 2. The van der Waals surface area contributed by atoms with Crippen molar-refractivity contribution in [2.45, 2.75) is 18.8 Å². The molecule has 0 spiro atoms. The van der Waals surface area contributed by atoms with Crippen molar-refractivity contribution >= 4 is 6.08 Å². The number of nitrogens with one attached hydrogen (secondary N) is 1. The Balaban J connectivity index is 1.13. The summed E-state index contributed by atoms with van der Waals surface area (Å²) in [7, 11) is 1.68. The number of ether oxygens (including phenoxy) is 3. The molecule has 6 nitrogen and oxygen atoms in total. The molecule has 1 unspecified atom stereocenters. The van der Waals surface area contributed by atoms with Gasteiger partial charge < -0.3 is 14.2 Å². The monoisotopic (exact) mass is 449 g/mol. The fourth-order valence-corrected chi connectivity index (χ4v) is 4.48. The van der Waals surface area contributed by atoms with E-state index in [0.29, 0.717) is 31.3 Å². The maximum atomic E-state index is 13.3. The summed E-state index contributed by atoms with van der Waals surface area (Å²) in [5.74, 6) is 2.41. The molecule has 3 heterocycles. The zero-order chi connectivity index (χ0) is 22.6. The van der Waals surface area contributed by atoms with Crippen LogP contribution in [0.25, 0.3) is 6.08 Å². The standard InChI is InChI=1S/C26H28FN3O3/c1-31-23-5-6-26-20(12-23)11-18(17-33-26)15-30-9-7-19(16-30)25-14-22(28-29-25)8-10-32-24-4-2-3-21(27)13-24/h2-6,11-14,19H,7-10,15-17H2,1H3,(H,28,29). The van der Waals surface area contributed by atoms with E-state index in [1.807, 2.05) is 18.2 Å². The van der Waals surface area contributed by atoms with Gasteiger partial charge in [0.2, 0.25) is 0 Å². The van der Waals surface area contributed by atoms with Crippen LogP contribution in [0.4, 0.5) is 4.39 Å². The molecule has 0 radical (unpaired) electrons. The number of hydrogen-bond acceptors (Lipinski definition) is 5. The average molecular weight is 450 g/mol. The van der Waals surface area contributed by atoms with Gasteiger partial charge >= 0.3 is 0 Å². The Hall–Kier alpha value is -3.32. The van der Waals surface area contributed by atoms with Crippen LogP contribution in [0.3, 0.4) is 0 Å². The van der Waals surface area contributed by atoms with E-state index < -0.39 is 0 Å². The number of nitrogens with zero attached hydrogens (tertiary/aromatic N) is 2. The second kappa shape index (κ2) is 9.67. The summed E-state index contributed by atoms with van der Waals surface area (Å²) in [4.78, 5) is 2.46. The van der Waals surface area contributed by atoms with Gasteiger partial charge in [0, 0.05) is 42.8 Å². The molecule has 0 bridgehead atoms. The van der Waals surface area contributed by atoms with Gasteiger partial charge in [0.25, 0.3) is 0 Å². The molecule has 2 aliphatic rings. The van der Waals surface area contributed by atoms with Crippen molar-refractivity contribution in [2.24, 2.45) is 0 Å². The van der Waals surface area contributed by atoms with Crippen LogP contribution in [0.1, 0.15) is 29.3 Å². The summed E-state index contributed by atoms with van der Waals surface area (Å²) in [5.41, 5.74) is 4.48. The van der Waals surface area contributed by atoms with E-state index in [1.165, 1.54) is 17.7 Å². The lowest BCUT2D eigenvalue weighted by Crippen LogP contribution is -2.26. The summed E-state index contributed by atoms with van der Waals surface area (Å²) < 4.78 is 30.2. The molecule has 172 valence electrons. The third-order valence-electron chi connectivity index (χ3n) is 6.19. The van der Waals surface area contributed by atoms with Gasteiger partial charge in [-0.2, -0.15) is 5.10 Å². The van der Waals surface area contributed by atoms with Gasteiger partial charge in [0.1, 0.15) is 29.7 Å². The first-order chi connectivity index (χ1) is 16.2. The molecular formula is C26H28FN3O3. The van der Waals surface area contributed by atoms with E-state index in [1.54, 1.807) is 19.2 Å². The van der Waals surface area contributed by atoms with Crippen molar-refractivity contribution in [2.75, 3.05) is 40.0 Å². The molecule has 1 aromatic heterocycles. The molecular weight excluding hydrogens is 421 g/mol. The number of hydrogen-bond donors (Lipinski definition) is 1. The lowest BCUT2D eigenvalue weighted by Gasteiger charge is -2.22. The summed E-state index contributed by atoms with van der Waals surface area (Å²) in [5, 5.41) is 7.68. The molecule has 3 aromatic rings. The highest BCUT2D eigenvalue weighted by molar-refractivity contribution is 5.64. The van der Waals surface area contributed by atoms with E-state index in [-0.39, 0.29) is 5.82 Å². The van der Waals surface area contributed by atoms with Crippen molar-refractivity contribution < 1.29 is 18.6 Å². The molecule has 1 saturated heterocycles. The Bertz CT molecular complexity index is 1140. The van der Waals surface area contributed by atoms with Gasteiger partial charge in [-0.25, -0.2) is 4.39 Å². The fourth-order valence-electron chi connectivity index (χ4n) is 4.48. The molecule has 5 rings (SSSR count). The number of rotatable bonds is 8. The summed E-state index contributed by atoms with van der Waals surface area (Å²) in [6.07, 6.45) is 4.01. The molecule has 0 saturated carbocycles. The van der Waals surface area contributed by atoms with E-state index >= 15 is 0 Å². The smallest absolute Gasteiger partial charge is 0.127 e. The fraction of sp³-hybridized carbons (Fsp3) is 0.346. The summed E-state index contributed by atoms with van der Waals surface area (Å²) in [6.45, 7) is 4.01. The first-order valence-electron chi connectivity index (χ1n) is 11.3. The van der Waals surface area contributed by atoms with Gasteiger partial charge in [-0.3, -0.25) is 10.00 Å². The third kappa shape index (κ3) is 5.20. The van der Waals surface area contributed by atoms with Gasteiger partial charge in [-0.05, 0) is 61.0 Å². The first kappa shape index (κ1) is 21.5. The van der Waals surface area contributed by atoms with E-state index in [4.69, 9.17) is 14.2 Å². The van der Waals surface area contributed by atoms with Crippen LogP contribution in [-0.4, -0.2) is 55.1 Å². The summed E-state index contributed by atoms with van der Waals surface area (Å²) >= 11 is 0. The Labute approximate surface area is 193 Å². The average Bonchev–Trinajstić information content (AvgIpc) is 3.48. The van der Waals surface area contributed by atoms with Gasteiger partial charge in [0.15, 0.2) is 0 Å². The molecule has 33 heavy (non-hydrogen) atoms. The van der Waals surface area contributed by atoms with Crippen LogP contribution in [-0.2, 0) is 6.42 Å². The number of likely N-dealkylation sites (tertiary alicyclic amines) is 1. The number of fused-ring (bicyclic) bond motifs is 1. The minimum atomic E-state index is -0.290. The lowest BCUT2D eigenvalue weighted by molar-refractivity contribution is 0.307. The maximum absolute atomic E-state index is 13.3. The number of methoxy groups -OCH3 is 1. The quantitative estimate of drug-likeness (QED) is 0.551. The van der Waals surface area contributed by atoms with Gasteiger partial charge in [-0.1, -0.05) is 6.07 Å². The first-order valence-corrected chi connectivity index (χ1v) is 11.3. The van der Waals surface area contributed by atoms with E-state index in [0.717, 1.165) is 54.5 Å². The summed E-state index contributed by atoms with van der Waals surface area (Å²) in [6, 6.07) is 14.3. The molecule has 2 aromatic carbocycles. The number of benzene rings is 2. The van der Waals surface area contributed by atoms with Crippen LogP contribution in [0.2, 0.25) is 0 Å². The SMILES string of the molecule is COc1ccc2c(c1)C=C(CN1CCC(c3cc(CCOc4cccc(F)c4)[nH]n3)C1)CO2. The van der Waals surface area contributed by atoms with Crippen LogP contribution >= 0.6 is 0 Å². The molecule has 7 heteroatoms. The third-order valence-corrected chi connectivity index (χ3v) is 6.19. The van der Waals surface area contributed by atoms with Crippen molar-refractivity contribution in [3.63, 3.8) is 0 Å². The predicted molar refractivity (Wildman–Crippen MR) is 124 cm³/mol. The zero-order valence-corrected chi connectivity index (χ0v) is 18.7. The normalized spacial score (nSPS) is 17.9. The molecule has 0 aliphatic carbocycles. The van der Waals surface area contributed by atoms with Crippen molar-refractivity contribution in [3.8, 4) is 17.2 Å². The van der Waals surface area contributed by atoms with E-state index in [2.05, 4.69) is 27.2 Å². The number of aromatic amines is 1. The van der Waals surface area contributed by atoms with Crippen molar-refractivity contribution in [1.29, 1.82) is 0 Å². The number of halogens is 1. The lowest BCUT2D eigenvalue weighted by atomic mass is 10.0. The van der Waals surface area contributed by atoms with Crippen LogP contribution in [0.15, 0.2) is 54.1 Å². The Morgan fingerprint density at radius 3 is 3.00 bits per heavy atom. The Kier molecular flexibility index (Phi) is 6.30. The zero-order valence-electron chi connectivity index (χ0n) is 18.7. The highest BCUT2D eigenvalue weighted by Crippen LogP contribution is 2.32. The largest absolute Gasteiger partial charge is 0.497 e. The van der Waals surface area contributed by atoms with E-state index in [9.17, 15) is 4.39 Å². The molecule has 2 aliphatic heterocycles. The minimum absolute atomic E-state index is 0.290. The minimum Gasteiger partial charge on any atom is -0.497 e. The van der Waals surface area contributed by atoms with Crippen LogP contribution in [0, 0.1) is 5.82 Å². The molecule has 1 atom stereocenters. The second-order valence-corrected chi connectivity index (χ2v) is 8.59. The Morgan fingerprint density at radius 1 is 1.18 bits per heavy atom. The van der Waals surface area contributed by atoms with Gasteiger partial charge in [0.05, 0.1) is 19.4 Å².